The maximum absolute atomic E-state index is 6.09. The highest BCUT2D eigenvalue weighted by Gasteiger charge is 2.46. The summed E-state index contributed by atoms with van der Waals surface area (Å²) in [5.74, 6) is 0.717. The maximum Gasteiger partial charge on any atom is 0.229 e. The van der Waals surface area contributed by atoms with E-state index in [1.165, 1.54) is 19.3 Å². The van der Waals surface area contributed by atoms with Gasteiger partial charge in [-0.2, -0.15) is 0 Å². The lowest BCUT2D eigenvalue weighted by Crippen LogP contribution is -2.66. The van der Waals surface area contributed by atoms with Crippen LogP contribution in [0.3, 0.4) is 0 Å². The van der Waals surface area contributed by atoms with Crippen LogP contribution in [0.25, 0.3) is 0 Å². The fraction of sp³-hybridized carbons (Fsp3) is 0.714. The number of nitrogens with zero attached hydrogens (tertiary/aromatic N) is 4. The van der Waals surface area contributed by atoms with Gasteiger partial charge in [-0.05, 0) is 25.5 Å². The molecular weight excluding hydrogens is 256 g/mol. The Kier molecular flexibility index (Phi) is 3.29. The van der Waals surface area contributed by atoms with E-state index in [4.69, 9.17) is 9.47 Å². The van der Waals surface area contributed by atoms with Crippen LogP contribution in [0, 0.1) is 0 Å². The molecule has 0 aromatic carbocycles. The standard InChI is InChI=1S/C14H20N4O2/c1-2-7-17-10-12-18(14-15-5-3-6-16-14)13(11(17)4-1)20-9-8-19-12/h3,5-6,11-13H,1-2,4,7-10H2. The molecule has 108 valence electrons. The first-order valence-corrected chi connectivity index (χ1v) is 7.46. The molecule has 6 heteroatoms. The normalized spacial score (nSPS) is 34.4. The molecule has 3 unspecified atom stereocenters. The van der Waals surface area contributed by atoms with Crippen molar-refractivity contribution in [1.82, 2.24) is 14.9 Å². The summed E-state index contributed by atoms with van der Waals surface area (Å²) in [7, 11) is 0. The highest BCUT2D eigenvalue weighted by Crippen LogP contribution is 2.33. The predicted octanol–water partition coefficient (Wildman–Crippen LogP) is 0.850. The predicted molar refractivity (Wildman–Crippen MR) is 73.2 cm³/mol. The molecule has 0 radical (unpaired) electrons. The molecule has 4 heterocycles. The van der Waals surface area contributed by atoms with Crippen LogP contribution in [0.15, 0.2) is 18.5 Å². The zero-order valence-electron chi connectivity index (χ0n) is 11.5. The fourth-order valence-electron chi connectivity index (χ4n) is 3.55. The number of rotatable bonds is 1. The van der Waals surface area contributed by atoms with Gasteiger partial charge in [0.15, 0.2) is 6.23 Å². The molecule has 0 spiro atoms. The second-order valence-electron chi connectivity index (χ2n) is 5.60. The summed E-state index contributed by atoms with van der Waals surface area (Å²) in [6, 6.07) is 2.27. The van der Waals surface area contributed by atoms with Crippen molar-refractivity contribution in [3.63, 3.8) is 0 Å². The van der Waals surface area contributed by atoms with Gasteiger partial charge in [-0.25, -0.2) is 9.97 Å². The molecule has 6 nitrogen and oxygen atoms in total. The van der Waals surface area contributed by atoms with Crippen molar-refractivity contribution < 1.29 is 9.47 Å². The van der Waals surface area contributed by atoms with Crippen LogP contribution < -0.4 is 4.90 Å². The number of fused-ring (bicyclic) bond motifs is 4. The van der Waals surface area contributed by atoms with Gasteiger partial charge in [0.25, 0.3) is 0 Å². The summed E-state index contributed by atoms with van der Waals surface area (Å²) in [6.07, 6.45) is 7.30. The highest BCUT2D eigenvalue weighted by molar-refractivity contribution is 5.33. The smallest absolute Gasteiger partial charge is 0.229 e. The van der Waals surface area contributed by atoms with Crippen molar-refractivity contribution >= 4 is 5.95 Å². The molecule has 0 aliphatic carbocycles. The lowest BCUT2D eigenvalue weighted by Gasteiger charge is -2.50. The Morgan fingerprint density at radius 3 is 2.85 bits per heavy atom. The van der Waals surface area contributed by atoms with Crippen molar-refractivity contribution in [2.45, 2.75) is 37.8 Å². The lowest BCUT2D eigenvalue weighted by atomic mass is 9.97. The van der Waals surface area contributed by atoms with Crippen molar-refractivity contribution in [1.29, 1.82) is 0 Å². The van der Waals surface area contributed by atoms with Gasteiger partial charge in [-0.1, -0.05) is 6.42 Å². The summed E-state index contributed by atoms with van der Waals surface area (Å²) < 4.78 is 12.1. The van der Waals surface area contributed by atoms with Crippen LogP contribution in [0.4, 0.5) is 5.95 Å². The van der Waals surface area contributed by atoms with Crippen LogP contribution in [0.1, 0.15) is 19.3 Å². The van der Waals surface area contributed by atoms with Crippen LogP contribution in [-0.4, -0.2) is 59.7 Å². The molecule has 0 saturated carbocycles. The van der Waals surface area contributed by atoms with Gasteiger partial charge in [-0.15, -0.1) is 0 Å². The minimum atomic E-state index is -0.000694. The molecule has 3 fully saturated rings. The largest absolute Gasteiger partial charge is 0.354 e. The Morgan fingerprint density at radius 2 is 1.95 bits per heavy atom. The van der Waals surface area contributed by atoms with E-state index in [-0.39, 0.29) is 12.5 Å². The third-order valence-electron chi connectivity index (χ3n) is 4.43. The number of hydrogen-bond donors (Lipinski definition) is 0. The first-order chi connectivity index (χ1) is 9.93. The average molecular weight is 276 g/mol. The van der Waals surface area contributed by atoms with E-state index in [9.17, 15) is 0 Å². The van der Waals surface area contributed by atoms with Crippen LogP contribution >= 0.6 is 0 Å². The van der Waals surface area contributed by atoms with E-state index < -0.39 is 0 Å². The number of hydrogen-bond acceptors (Lipinski definition) is 6. The maximum atomic E-state index is 6.09. The van der Waals surface area contributed by atoms with Crippen LogP contribution in [-0.2, 0) is 9.47 Å². The molecule has 3 atom stereocenters. The Balaban J connectivity index is 1.69. The Morgan fingerprint density at radius 1 is 1.10 bits per heavy atom. The van der Waals surface area contributed by atoms with E-state index in [0.29, 0.717) is 19.3 Å². The fourth-order valence-corrected chi connectivity index (χ4v) is 3.55. The number of aromatic nitrogens is 2. The third-order valence-corrected chi connectivity index (χ3v) is 4.43. The molecule has 3 aliphatic rings. The van der Waals surface area contributed by atoms with E-state index >= 15 is 0 Å². The zero-order chi connectivity index (χ0) is 13.4. The Bertz CT molecular complexity index is 458. The van der Waals surface area contributed by atoms with Crippen molar-refractivity contribution in [2.75, 3.05) is 31.2 Å². The number of piperazine rings is 1. The van der Waals surface area contributed by atoms with Gasteiger partial charge in [-0.3, -0.25) is 9.80 Å². The SMILES string of the molecule is c1cnc(N2C3CN4CCCCC4C2OCCO3)nc1. The van der Waals surface area contributed by atoms with Gasteiger partial charge in [0, 0.05) is 18.9 Å². The minimum Gasteiger partial charge on any atom is -0.354 e. The molecule has 20 heavy (non-hydrogen) atoms. The Labute approximate surface area is 118 Å². The molecule has 3 aliphatic heterocycles. The highest BCUT2D eigenvalue weighted by atomic mass is 16.6. The molecule has 1 aromatic heterocycles. The van der Waals surface area contributed by atoms with Crippen LogP contribution in [0.2, 0.25) is 0 Å². The molecule has 1 aromatic rings. The van der Waals surface area contributed by atoms with Crippen molar-refractivity contribution in [2.24, 2.45) is 0 Å². The summed E-state index contributed by atoms with van der Waals surface area (Å²) >= 11 is 0. The van der Waals surface area contributed by atoms with Gasteiger partial charge in [0.1, 0.15) is 6.23 Å². The summed E-state index contributed by atoms with van der Waals surface area (Å²) in [5, 5.41) is 0. The van der Waals surface area contributed by atoms with Gasteiger partial charge >= 0.3 is 0 Å². The van der Waals surface area contributed by atoms with E-state index in [1.54, 1.807) is 12.4 Å². The summed E-state index contributed by atoms with van der Waals surface area (Å²) in [4.78, 5) is 13.5. The van der Waals surface area contributed by atoms with Gasteiger partial charge in [0.2, 0.25) is 5.95 Å². The molecular formula is C14H20N4O2. The first-order valence-electron chi connectivity index (χ1n) is 7.46. The monoisotopic (exact) mass is 276 g/mol. The number of anilines is 1. The van der Waals surface area contributed by atoms with Gasteiger partial charge < -0.3 is 9.47 Å². The molecule has 3 saturated heterocycles. The molecule has 0 amide bonds. The topological polar surface area (TPSA) is 50.7 Å². The van der Waals surface area contributed by atoms with Crippen molar-refractivity contribution in [3.05, 3.63) is 18.5 Å². The summed E-state index contributed by atoms with van der Waals surface area (Å²) in [6.45, 7) is 3.36. The number of ether oxygens (including phenoxy) is 2. The van der Waals surface area contributed by atoms with Crippen LogP contribution in [0.5, 0.6) is 0 Å². The summed E-state index contributed by atoms with van der Waals surface area (Å²) in [5.41, 5.74) is 0. The number of piperidine rings is 1. The Hall–Kier alpha value is -1.24. The lowest BCUT2D eigenvalue weighted by molar-refractivity contribution is -0.0622. The van der Waals surface area contributed by atoms with Gasteiger partial charge in [0.05, 0.1) is 19.3 Å². The zero-order valence-corrected chi connectivity index (χ0v) is 11.5. The van der Waals surface area contributed by atoms with E-state index in [0.717, 1.165) is 19.0 Å². The second-order valence-corrected chi connectivity index (χ2v) is 5.60. The first kappa shape index (κ1) is 12.5. The molecule has 0 N–H and O–H groups in total. The van der Waals surface area contributed by atoms with E-state index in [1.807, 2.05) is 6.07 Å². The third kappa shape index (κ3) is 2.08. The average Bonchev–Trinajstić information content (AvgIpc) is 2.66. The van der Waals surface area contributed by atoms with E-state index in [2.05, 4.69) is 19.8 Å². The second kappa shape index (κ2) is 5.27. The molecule has 2 bridgehead atoms. The van der Waals surface area contributed by atoms with Crippen molar-refractivity contribution in [3.8, 4) is 0 Å². The quantitative estimate of drug-likeness (QED) is 0.758. The minimum absolute atomic E-state index is 0.000694. The molecule has 4 rings (SSSR count).